The van der Waals surface area contributed by atoms with Crippen molar-refractivity contribution < 1.29 is 89.4 Å². The highest BCUT2D eigenvalue weighted by Gasteiger charge is 2.54. The van der Waals surface area contributed by atoms with Crippen LogP contribution in [0.25, 0.3) is 0 Å². The van der Waals surface area contributed by atoms with E-state index in [0.717, 1.165) is 44.9 Å². The molecule has 3 aliphatic rings. The number of nitrogens with one attached hydrogen (secondary N) is 1. The van der Waals surface area contributed by atoms with E-state index in [9.17, 15) is 61.0 Å². The highest BCUT2D eigenvalue weighted by Crippen LogP contribution is 2.33. The van der Waals surface area contributed by atoms with Gasteiger partial charge in [-0.1, -0.05) is 341 Å². The van der Waals surface area contributed by atoms with Crippen LogP contribution in [0, 0.1) is 0 Å². The van der Waals surface area contributed by atoms with Gasteiger partial charge in [0.05, 0.1) is 38.6 Å². The van der Waals surface area contributed by atoms with Gasteiger partial charge in [0, 0.05) is 6.42 Å². The number of carbonyl (C=O) groups is 1. The van der Waals surface area contributed by atoms with Crippen molar-refractivity contribution in [3.05, 3.63) is 0 Å². The second-order valence-electron chi connectivity index (χ2n) is 29.6. The monoisotopic (exact) mass is 1390 g/mol. The van der Waals surface area contributed by atoms with Crippen LogP contribution in [-0.4, -0.2) is 193 Å². The van der Waals surface area contributed by atoms with Crippen LogP contribution in [0.15, 0.2) is 0 Å². The number of ether oxygens (including phenoxy) is 6. The number of aliphatic hydroxyl groups excluding tert-OH is 11. The van der Waals surface area contributed by atoms with Gasteiger partial charge in [-0.2, -0.15) is 0 Å². The van der Waals surface area contributed by atoms with Crippen LogP contribution in [0.2, 0.25) is 0 Å². The number of amides is 1. The van der Waals surface area contributed by atoms with Crippen molar-refractivity contribution in [2.24, 2.45) is 0 Å². The molecule has 1 amide bonds. The minimum atomic E-state index is -1.97. The van der Waals surface area contributed by atoms with Crippen molar-refractivity contribution in [1.29, 1.82) is 0 Å². The molecule has 17 atom stereocenters. The summed E-state index contributed by atoms with van der Waals surface area (Å²) in [4.78, 5) is 13.4. The molecule has 12 N–H and O–H groups in total. The smallest absolute Gasteiger partial charge is 0.220 e. The van der Waals surface area contributed by atoms with E-state index in [1.807, 2.05) is 0 Å². The quantitative estimate of drug-likeness (QED) is 0.0252. The van der Waals surface area contributed by atoms with Crippen LogP contribution in [0.4, 0.5) is 0 Å². The Morgan fingerprint density at radius 1 is 0.330 bits per heavy atom. The molecule has 3 heterocycles. The number of hydrogen-bond donors (Lipinski definition) is 12. The van der Waals surface area contributed by atoms with E-state index in [-0.39, 0.29) is 18.9 Å². The fraction of sp³-hybridized carbons (Fsp3) is 0.987. The van der Waals surface area contributed by atoms with Gasteiger partial charge in [0.25, 0.3) is 0 Å². The number of unbranched alkanes of at least 4 members (excludes halogenated alkanes) is 50. The summed E-state index contributed by atoms with van der Waals surface area (Å²) >= 11 is 0. The van der Waals surface area contributed by atoms with Crippen LogP contribution in [0.5, 0.6) is 0 Å². The maximum absolute atomic E-state index is 13.4. The summed E-state index contributed by atoms with van der Waals surface area (Å²) in [5, 5.41) is 121. The predicted molar refractivity (Wildman–Crippen MR) is 384 cm³/mol. The first-order valence-corrected chi connectivity index (χ1v) is 40.8. The molecule has 0 aliphatic carbocycles. The Labute approximate surface area is 589 Å². The third-order valence-corrected chi connectivity index (χ3v) is 20.9. The lowest BCUT2D eigenvalue weighted by atomic mass is 9.96. The first-order chi connectivity index (χ1) is 47.3. The van der Waals surface area contributed by atoms with Gasteiger partial charge in [0.2, 0.25) is 5.91 Å². The fourth-order valence-corrected chi connectivity index (χ4v) is 14.4. The summed E-state index contributed by atoms with van der Waals surface area (Å²) in [5.41, 5.74) is 0. The summed E-state index contributed by atoms with van der Waals surface area (Å²) in [6, 6.07) is -0.881. The Hall–Kier alpha value is -1.21. The van der Waals surface area contributed by atoms with Gasteiger partial charge in [0.1, 0.15) is 73.2 Å². The Balaban J connectivity index is 1.23. The number of carbonyl (C=O) groups excluding carboxylic acids is 1. The van der Waals surface area contributed by atoms with E-state index < -0.39 is 124 Å². The van der Waals surface area contributed by atoms with E-state index in [4.69, 9.17) is 28.4 Å². The van der Waals surface area contributed by atoms with Crippen molar-refractivity contribution in [1.82, 2.24) is 5.32 Å². The molecule has 0 bridgehead atoms. The topological polar surface area (TPSA) is 307 Å². The van der Waals surface area contributed by atoms with Crippen LogP contribution in [0.1, 0.15) is 361 Å². The van der Waals surface area contributed by atoms with E-state index >= 15 is 0 Å². The summed E-state index contributed by atoms with van der Waals surface area (Å²) < 4.78 is 34.4. The molecule has 3 rings (SSSR count). The first kappa shape index (κ1) is 90.0. The minimum absolute atomic E-state index is 0.236. The molecule has 3 saturated heterocycles. The van der Waals surface area contributed by atoms with Crippen molar-refractivity contribution >= 4 is 5.91 Å². The molecule has 3 aliphatic heterocycles. The molecule has 19 nitrogen and oxygen atoms in total. The zero-order chi connectivity index (χ0) is 70.4. The number of hydrogen-bond acceptors (Lipinski definition) is 18. The van der Waals surface area contributed by atoms with E-state index in [2.05, 4.69) is 19.2 Å². The molecular formula is C78H151NO18. The van der Waals surface area contributed by atoms with Gasteiger partial charge in [-0.25, -0.2) is 0 Å². The Kier molecular flexibility index (Phi) is 55.8. The van der Waals surface area contributed by atoms with Crippen molar-refractivity contribution in [3.63, 3.8) is 0 Å². The molecule has 0 aromatic carbocycles. The number of rotatable bonds is 66. The molecule has 0 radical (unpaired) electrons. The molecule has 0 aromatic rings. The molecule has 576 valence electrons. The molecule has 0 aromatic heterocycles. The lowest BCUT2D eigenvalue weighted by Crippen LogP contribution is -2.66. The molecule has 97 heavy (non-hydrogen) atoms. The van der Waals surface area contributed by atoms with E-state index in [1.165, 1.54) is 283 Å². The summed E-state index contributed by atoms with van der Waals surface area (Å²) in [6.07, 6.45) is 42.6. The molecule has 17 unspecified atom stereocenters. The third-order valence-electron chi connectivity index (χ3n) is 20.9. The van der Waals surface area contributed by atoms with E-state index in [1.54, 1.807) is 0 Å². The van der Waals surface area contributed by atoms with Crippen LogP contribution >= 0.6 is 0 Å². The zero-order valence-electron chi connectivity index (χ0n) is 61.6. The normalized spacial score (nSPS) is 26.8. The van der Waals surface area contributed by atoms with Crippen molar-refractivity contribution in [2.45, 2.75) is 465 Å². The highest BCUT2D eigenvalue weighted by molar-refractivity contribution is 5.76. The lowest BCUT2D eigenvalue weighted by molar-refractivity contribution is -0.379. The lowest BCUT2D eigenvalue weighted by Gasteiger charge is -2.48. The second-order valence-corrected chi connectivity index (χ2v) is 29.6. The van der Waals surface area contributed by atoms with Crippen LogP contribution in [-0.2, 0) is 33.2 Å². The Morgan fingerprint density at radius 3 is 0.897 bits per heavy atom. The second kappa shape index (κ2) is 60.1. The zero-order valence-corrected chi connectivity index (χ0v) is 61.6. The SMILES string of the molecule is CCCCCCCCCCCCCCCCCCCCCCCCCCCCCCCCCCCCCCCCCCCC(=O)NC(COC1OC(CO)C(OC2OC(CO)C(OC3OC(CO)C(O)C(O)C3O)C(O)C2O)C(O)C1O)C(O)CCCCCCCCCCCCC. The van der Waals surface area contributed by atoms with Gasteiger partial charge in [-0.3, -0.25) is 4.79 Å². The summed E-state index contributed by atoms with van der Waals surface area (Å²) in [7, 11) is 0. The first-order valence-electron chi connectivity index (χ1n) is 40.8. The van der Waals surface area contributed by atoms with Crippen molar-refractivity contribution in [3.8, 4) is 0 Å². The molecule has 0 spiro atoms. The number of aliphatic hydroxyl groups is 11. The van der Waals surface area contributed by atoms with Gasteiger partial charge < -0.3 is 89.9 Å². The largest absolute Gasteiger partial charge is 0.394 e. The molecule has 3 fully saturated rings. The Morgan fingerprint density at radius 2 is 0.588 bits per heavy atom. The molecule has 19 heteroatoms. The predicted octanol–water partition coefficient (Wildman–Crippen LogP) is 13.4. The van der Waals surface area contributed by atoms with Crippen molar-refractivity contribution in [2.75, 3.05) is 26.4 Å². The average Bonchev–Trinajstić information content (AvgIpc) is 0.790. The van der Waals surface area contributed by atoms with Gasteiger partial charge >= 0.3 is 0 Å². The molecular weight excluding hydrogens is 1240 g/mol. The van der Waals surface area contributed by atoms with Gasteiger partial charge in [-0.15, -0.1) is 0 Å². The maximum Gasteiger partial charge on any atom is 0.220 e. The third kappa shape index (κ3) is 40.6. The van der Waals surface area contributed by atoms with Crippen LogP contribution in [0.3, 0.4) is 0 Å². The molecule has 0 saturated carbocycles. The van der Waals surface area contributed by atoms with Gasteiger partial charge in [0.15, 0.2) is 18.9 Å². The van der Waals surface area contributed by atoms with Crippen LogP contribution < -0.4 is 5.32 Å². The van der Waals surface area contributed by atoms with E-state index in [0.29, 0.717) is 12.8 Å². The summed E-state index contributed by atoms with van der Waals surface area (Å²) in [6.45, 7) is 1.83. The maximum atomic E-state index is 13.4. The summed E-state index contributed by atoms with van der Waals surface area (Å²) in [5.74, 6) is -0.236. The Bertz CT molecular complexity index is 1760. The fourth-order valence-electron chi connectivity index (χ4n) is 14.4. The standard InChI is InChI=1S/C78H151NO18/c1-3-5-7-9-11-13-15-16-17-18-19-20-21-22-23-24-25-26-27-28-29-30-31-32-33-34-35-36-37-38-39-40-41-42-43-44-46-48-50-52-54-56-66(84)79-61(62(83)55-53-51-49-47-45-14-12-10-8-6-4-2)60-92-76-72(90)69(87)74(64(58-81)94-76)97-78-73(91)70(88)75(65(59-82)95-78)96-77-71(89)68(86)67(85)63(57-80)93-77/h61-65,67-78,80-83,85-91H,3-60H2,1-2H3,(H,79,84). The average molecular weight is 1390 g/mol. The van der Waals surface area contributed by atoms with Gasteiger partial charge in [-0.05, 0) is 12.8 Å². The minimum Gasteiger partial charge on any atom is -0.394 e. The highest BCUT2D eigenvalue weighted by atomic mass is 16.8.